The van der Waals surface area contributed by atoms with Crippen LogP contribution in [0.3, 0.4) is 0 Å². The third-order valence-corrected chi connectivity index (χ3v) is 2.94. The molecule has 0 fully saturated rings. The van der Waals surface area contributed by atoms with Gasteiger partial charge in [0.25, 0.3) is 0 Å². The number of aliphatic imine (C=N–C) groups is 1. The number of nitriles is 1. The summed E-state index contributed by atoms with van der Waals surface area (Å²) in [7, 11) is 1.15. The van der Waals surface area contributed by atoms with E-state index in [1.807, 2.05) is 0 Å². The molecule has 0 heterocycles. The van der Waals surface area contributed by atoms with Crippen LogP contribution in [0.4, 0.5) is 9.18 Å². The first kappa shape index (κ1) is 19.3. The van der Waals surface area contributed by atoms with Crippen LogP contribution in [0.5, 0.6) is 0 Å². The molecule has 0 saturated carbocycles. The van der Waals surface area contributed by atoms with Gasteiger partial charge in [0.05, 0.1) is 12.7 Å². The molecule has 0 atom stereocenters. The fraction of sp³-hybridized carbons (Fsp3) is 0.412. The Kier molecular flexibility index (Phi) is 6.18. The molecule has 0 bridgehead atoms. The number of rotatable bonds is 3. The smallest absolute Gasteiger partial charge is 0.434 e. The van der Waals surface area contributed by atoms with E-state index in [2.05, 4.69) is 9.73 Å². The molecule has 128 valence electrons. The average molecular weight is 334 g/mol. The van der Waals surface area contributed by atoms with Crippen molar-refractivity contribution >= 4 is 17.8 Å². The predicted octanol–water partition coefficient (Wildman–Crippen LogP) is 3.10. The summed E-state index contributed by atoms with van der Waals surface area (Å²) < 4.78 is 23.4. The van der Waals surface area contributed by atoms with E-state index in [0.29, 0.717) is 11.1 Å². The number of hydrogen-bond acceptors (Lipinski definition) is 5. The molecule has 1 rings (SSSR count). The number of hydrogen-bond donors (Lipinski definition) is 0. The van der Waals surface area contributed by atoms with E-state index in [9.17, 15) is 14.0 Å². The van der Waals surface area contributed by atoms with Gasteiger partial charge >= 0.3 is 12.1 Å². The predicted molar refractivity (Wildman–Crippen MR) is 85.2 cm³/mol. The van der Waals surface area contributed by atoms with Crippen molar-refractivity contribution in [2.45, 2.75) is 39.7 Å². The second-order valence-corrected chi connectivity index (χ2v) is 6.08. The number of nitrogens with zero attached hydrogens (tertiary/aromatic N) is 2. The lowest BCUT2D eigenvalue weighted by Gasteiger charge is -2.17. The molecular formula is C17H19FN2O4. The largest absolute Gasteiger partial charge is 0.465 e. The van der Waals surface area contributed by atoms with Gasteiger partial charge in [-0.1, -0.05) is 0 Å². The maximum absolute atomic E-state index is 13.8. The van der Waals surface area contributed by atoms with Gasteiger partial charge in [-0.3, -0.25) is 0 Å². The number of methoxy groups -OCH3 is 1. The van der Waals surface area contributed by atoms with E-state index in [1.165, 1.54) is 6.07 Å². The Labute approximate surface area is 139 Å². The highest BCUT2D eigenvalue weighted by molar-refractivity contribution is 6.38. The summed E-state index contributed by atoms with van der Waals surface area (Å²) in [5, 5.41) is 8.82. The molecule has 1 aromatic rings. The third kappa shape index (κ3) is 5.47. The van der Waals surface area contributed by atoms with E-state index in [1.54, 1.807) is 33.8 Å². The zero-order valence-corrected chi connectivity index (χ0v) is 14.3. The summed E-state index contributed by atoms with van der Waals surface area (Å²) in [4.78, 5) is 27.3. The Morgan fingerprint density at radius 3 is 2.46 bits per heavy atom. The minimum Gasteiger partial charge on any atom is -0.465 e. The molecule has 24 heavy (non-hydrogen) atoms. The lowest BCUT2D eigenvalue weighted by atomic mass is 10.00. The van der Waals surface area contributed by atoms with Crippen LogP contribution in [0, 0.1) is 24.1 Å². The molecule has 0 saturated heterocycles. The van der Waals surface area contributed by atoms with Crippen molar-refractivity contribution in [2.24, 2.45) is 4.99 Å². The summed E-state index contributed by atoms with van der Waals surface area (Å²) in [6.07, 6.45) is -1.06. The van der Waals surface area contributed by atoms with Crippen molar-refractivity contribution < 1.29 is 23.5 Å². The van der Waals surface area contributed by atoms with E-state index in [-0.39, 0.29) is 17.7 Å². The van der Waals surface area contributed by atoms with Crippen LogP contribution in [0.15, 0.2) is 17.1 Å². The number of aryl methyl sites for hydroxylation is 1. The molecule has 6 nitrogen and oxygen atoms in total. The molecule has 0 aliphatic heterocycles. The SMILES string of the molecule is COC(=O)/C(Cc1cc(F)c(C#N)cc1C)=N\C(=O)OC(C)(C)C. The highest BCUT2D eigenvalue weighted by Crippen LogP contribution is 2.17. The molecule has 7 heteroatoms. The van der Waals surface area contributed by atoms with Crippen molar-refractivity contribution in [1.82, 2.24) is 0 Å². The molecule has 0 aliphatic rings. The van der Waals surface area contributed by atoms with Crippen molar-refractivity contribution in [1.29, 1.82) is 5.26 Å². The monoisotopic (exact) mass is 334 g/mol. The van der Waals surface area contributed by atoms with Crippen LogP contribution < -0.4 is 0 Å². The Hall–Kier alpha value is -2.75. The van der Waals surface area contributed by atoms with Crippen molar-refractivity contribution in [3.63, 3.8) is 0 Å². The standard InChI is InChI=1S/C17H19FN2O4/c1-10-6-12(9-19)13(18)7-11(10)8-14(15(21)23-5)20-16(22)24-17(2,3)4/h6-7H,8H2,1-5H3/b20-14-. The van der Waals surface area contributed by atoms with Crippen LogP contribution in [-0.4, -0.2) is 30.5 Å². The normalized spacial score (nSPS) is 11.6. The van der Waals surface area contributed by atoms with Crippen LogP contribution in [-0.2, 0) is 20.7 Å². The average Bonchev–Trinajstić information content (AvgIpc) is 2.46. The van der Waals surface area contributed by atoms with E-state index >= 15 is 0 Å². The van der Waals surface area contributed by atoms with Gasteiger partial charge < -0.3 is 9.47 Å². The number of esters is 1. The molecule has 0 aliphatic carbocycles. The lowest BCUT2D eigenvalue weighted by molar-refractivity contribution is -0.132. The molecule has 1 amide bonds. The molecule has 0 aromatic heterocycles. The highest BCUT2D eigenvalue weighted by Gasteiger charge is 2.21. The quantitative estimate of drug-likeness (QED) is 0.626. The molecule has 0 radical (unpaired) electrons. The zero-order valence-electron chi connectivity index (χ0n) is 14.3. The van der Waals surface area contributed by atoms with Crippen LogP contribution in [0.25, 0.3) is 0 Å². The highest BCUT2D eigenvalue weighted by atomic mass is 19.1. The second kappa shape index (κ2) is 7.68. The van der Waals surface area contributed by atoms with Crippen LogP contribution in [0.1, 0.15) is 37.5 Å². The molecular weight excluding hydrogens is 315 g/mol. The number of benzene rings is 1. The lowest BCUT2D eigenvalue weighted by Crippen LogP contribution is -2.25. The third-order valence-electron chi connectivity index (χ3n) is 2.94. The first-order valence-corrected chi connectivity index (χ1v) is 7.15. The Balaban J connectivity index is 3.17. The Morgan fingerprint density at radius 1 is 1.33 bits per heavy atom. The van der Waals surface area contributed by atoms with Crippen molar-refractivity contribution in [3.8, 4) is 6.07 Å². The fourth-order valence-corrected chi connectivity index (χ4v) is 1.85. The molecule has 1 aromatic carbocycles. The van der Waals surface area contributed by atoms with Gasteiger partial charge in [-0.25, -0.2) is 14.0 Å². The zero-order chi connectivity index (χ0) is 18.5. The van der Waals surface area contributed by atoms with Gasteiger partial charge in [0.2, 0.25) is 0 Å². The molecule has 0 spiro atoms. The van der Waals surface area contributed by atoms with Crippen LogP contribution >= 0.6 is 0 Å². The number of carbonyl (C=O) groups excluding carboxylic acids is 2. The minimum atomic E-state index is -0.935. The van der Waals surface area contributed by atoms with Crippen LogP contribution in [0.2, 0.25) is 0 Å². The maximum atomic E-state index is 13.8. The van der Waals surface area contributed by atoms with Crippen molar-refractivity contribution in [3.05, 3.63) is 34.6 Å². The molecule has 0 unspecified atom stereocenters. The summed E-state index contributed by atoms with van der Waals surface area (Å²) in [5.41, 5.74) is -0.0648. The first-order chi connectivity index (χ1) is 11.1. The topological polar surface area (TPSA) is 88.8 Å². The van der Waals surface area contributed by atoms with Gasteiger partial charge in [-0.15, -0.1) is 0 Å². The summed E-state index contributed by atoms with van der Waals surface area (Å²) >= 11 is 0. The number of carbonyl (C=O) groups is 2. The minimum absolute atomic E-state index is 0.0973. The van der Waals surface area contributed by atoms with Gasteiger partial charge in [0.15, 0.2) is 0 Å². The van der Waals surface area contributed by atoms with Gasteiger partial charge in [-0.2, -0.15) is 10.3 Å². The van der Waals surface area contributed by atoms with E-state index < -0.39 is 23.5 Å². The fourth-order valence-electron chi connectivity index (χ4n) is 1.85. The number of halogens is 1. The second-order valence-electron chi connectivity index (χ2n) is 6.08. The van der Waals surface area contributed by atoms with Crippen molar-refractivity contribution in [2.75, 3.05) is 7.11 Å². The summed E-state index contributed by atoms with van der Waals surface area (Å²) in [6, 6.07) is 4.25. The van der Waals surface area contributed by atoms with E-state index in [0.717, 1.165) is 13.2 Å². The summed E-state index contributed by atoms with van der Waals surface area (Å²) in [5.74, 6) is -1.52. The Bertz CT molecular complexity index is 727. The van der Waals surface area contributed by atoms with E-state index in [4.69, 9.17) is 10.00 Å². The van der Waals surface area contributed by atoms with Gasteiger partial charge in [0.1, 0.15) is 23.2 Å². The number of ether oxygens (including phenoxy) is 2. The maximum Gasteiger partial charge on any atom is 0.434 e. The first-order valence-electron chi connectivity index (χ1n) is 7.15. The van der Waals surface area contributed by atoms with Gasteiger partial charge in [-0.05, 0) is 51.0 Å². The number of amides is 1. The Morgan fingerprint density at radius 2 is 1.96 bits per heavy atom. The summed E-state index contributed by atoms with van der Waals surface area (Å²) in [6.45, 7) is 6.66. The molecule has 0 N–H and O–H groups in total. The van der Waals surface area contributed by atoms with Gasteiger partial charge in [0, 0.05) is 6.42 Å².